The molecule has 3 aromatic rings. The lowest BCUT2D eigenvalue weighted by Gasteiger charge is -2.18. The molecule has 0 saturated heterocycles. The van der Waals surface area contributed by atoms with E-state index >= 15 is 0 Å². The van der Waals surface area contributed by atoms with Crippen molar-refractivity contribution >= 4 is 17.1 Å². The Morgan fingerprint density at radius 2 is 1.87 bits per heavy atom. The van der Waals surface area contributed by atoms with Crippen LogP contribution in [0.1, 0.15) is 5.69 Å². The Kier molecular flexibility index (Phi) is 5.52. The van der Waals surface area contributed by atoms with Crippen molar-refractivity contribution in [2.75, 3.05) is 18.0 Å². The third kappa shape index (κ3) is 4.05. The molecule has 150 valence electrons. The maximum absolute atomic E-state index is 14.9. The molecule has 1 aliphatic heterocycles. The third-order valence-corrected chi connectivity index (χ3v) is 4.67. The lowest BCUT2D eigenvalue weighted by molar-refractivity contribution is 0.607. The van der Waals surface area contributed by atoms with Crippen molar-refractivity contribution in [3.8, 4) is 5.69 Å². The predicted octanol–water partition coefficient (Wildman–Crippen LogP) is 3.34. The fourth-order valence-electron chi connectivity index (χ4n) is 3.19. The maximum atomic E-state index is 14.9. The van der Waals surface area contributed by atoms with E-state index in [1.165, 1.54) is 35.3 Å². The highest BCUT2D eigenvalue weighted by Gasteiger charge is 2.14. The second kappa shape index (κ2) is 8.57. The van der Waals surface area contributed by atoms with Crippen molar-refractivity contribution < 1.29 is 4.39 Å². The molecular weight excluding hydrogens is 381 g/mol. The van der Waals surface area contributed by atoms with Gasteiger partial charge in [-0.05, 0) is 42.6 Å². The molecule has 0 atom stereocenters. The Hall–Kier alpha value is -4.00. The summed E-state index contributed by atoms with van der Waals surface area (Å²) in [7, 11) is 0. The number of anilines is 1. The molecule has 30 heavy (non-hydrogen) atoms. The van der Waals surface area contributed by atoms with E-state index < -0.39 is 5.82 Å². The number of aliphatic imine (C=N–C) groups is 1. The first-order chi connectivity index (χ1) is 14.7. The standard InChI is InChI=1S/C23H20FN5O/c24-19-16-18(28-13-4-5-14-28)8-9-21(19)29-15-11-22(30)23(27-29)20(10-12-25)26-17-6-2-1-3-7-17/h1-12,15-16H,13-14,25H2. The number of benzene rings is 2. The van der Waals surface area contributed by atoms with Gasteiger partial charge in [-0.25, -0.2) is 14.1 Å². The maximum Gasteiger partial charge on any atom is 0.209 e. The lowest BCUT2D eigenvalue weighted by Crippen LogP contribution is -2.21. The van der Waals surface area contributed by atoms with Crippen LogP contribution in [0.3, 0.4) is 0 Å². The smallest absolute Gasteiger partial charge is 0.209 e. The van der Waals surface area contributed by atoms with Crippen LogP contribution in [-0.2, 0) is 0 Å². The monoisotopic (exact) mass is 401 g/mol. The molecule has 1 aliphatic rings. The molecule has 0 saturated carbocycles. The number of nitrogens with zero attached hydrogens (tertiary/aromatic N) is 4. The molecule has 2 N–H and O–H groups in total. The van der Waals surface area contributed by atoms with Gasteiger partial charge in [-0.3, -0.25) is 4.79 Å². The van der Waals surface area contributed by atoms with Gasteiger partial charge in [-0.2, -0.15) is 5.10 Å². The third-order valence-electron chi connectivity index (χ3n) is 4.67. The van der Waals surface area contributed by atoms with Crippen LogP contribution < -0.4 is 16.1 Å². The van der Waals surface area contributed by atoms with Crippen LogP contribution in [0.5, 0.6) is 0 Å². The number of aromatic nitrogens is 2. The minimum absolute atomic E-state index is 0.0790. The number of hydrogen-bond acceptors (Lipinski definition) is 5. The molecule has 0 bridgehead atoms. The molecule has 0 fully saturated rings. The van der Waals surface area contributed by atoms with E-state index in [4.69, 9.17) is 5.73 Å². The van der Waals surface area contributed by atoms with Crippen LogP contribution in [0.25, 0.3) is 5.69 Å². The van der Waals surface area contributed by atoms with E-state index in [0.717, 1.165) is 18.8 Å². The van der Waals surface area contributed by atoms with Crippen molar-refractivity contribution in [2.24, 2.45) is 10.7 Å². The Labute approximate surface area is 173 Å². The molecule has 7 heteroatoms. The van der Waals surface area contributed by atoms with Crippen molar-refractivity contribution in [1.29, 1.82) is 0 Å². The van der Waals surface area contributed by atoms with Gasteiger partial charge >= 0.3 is 0 Å². The molecule has 0 spiro atoms. The predicted molar refractivity (Wildman–Crippen MR) is 117 cm³/mol. The van der Waals surface area contributed by atoms with Gasteiger partial charge in [0.1, 0.15) is 5.69 Å². The second-order valence-corrected chi connectivity index (χ2v) is 6.68. The highest BCUT2D eigenvalue weighted by molar-refractivity contribution is 6.08. The van der Waals surface area contributed by atoms with Gasteiger partial charge in [0, 0.05) is 31.0 Å². The van der Waals surface area contributed by atoms with Gasteiger partial charge in [-0.15, -0.1) is 0 Å². The van der Waals surface area contributed by atoms with Crippen molar-refractivity contribution in [2.45, 2.75) is 0 Å². The Bertz CT molecular complexity index is 1190. The first kappa shape index (κ1) is 19.3. The topological polar surface area (TPSA) is 76.5 Å². The van der Waals surface area contributed by atoms with Crippen molar-refractivity contribution in [3.05, 3.63) is 107 Å². The van der Waals surface area contributed by atoms with Gasteiger partial charge in [0.05, 0.1) is 11.4 Å². The van der Waals surface area contributed by atoms with E-state index in [1.807, 2.05) is 41.3 Å². The molecule has 0 aliphatic carbocycles. The lowest BCUT2D eigenvalue weighted by atomic mass is 10.2. The largest absolute Gasteiger partial charge is 0.405 e. The zero-order valence-electron chi connectivity index (χ0n) is 16.1. The first-order valence-electron chi connectivity index (χ1n) is 9.48. The molecular formula is C23H20FN5O. The summed E-state index contributed by atoms with van der Waals surface area (Å²) in [6.07, 6.45) is 8.31. The Morgan fingerprint density at radius 3 is 2.57 bits per heavy atom. The molecule has 0 radical (unpaired) electrons. The minimum Gasteiger partial charge on any atom is -0.405 e. The van der Waals surface area contributed by atoms with Gasteiger partial charge in [0.2, 0.25) is 5.43 Å². The second-order valence-electron chi connectivity index (χ2n) is 6.68. The van der Waals surface area contributed by atoms with Crippen molar-refractivity contribution in [1.82, 2.24) is 9.78 Å². The number of rotatable bonds is 5. The van der Waals surface area contributed by atoms with E-state index in [0.29, 0.717) is 11.4 Å². The number of allylic oxidation sites excluding steroid dienone is 1. The number of hydrogen-bond donors (Lipinski definition) is 1. The first-order valence-corrected chi connectivity index (χ1v) is 9.48. The van der Waals surface area contributed by atoms with Crippen LogP contribution in [0.2, 0.25) is 0 Å². The molecule has 0 amide bonds. The highest BCUT2D eigenvalue weighted by Crippen LogP contribution is 2.22. The molecule has 0 unspecified atom stereocenters. The van der Waals surface area contributed by atoms with Crippen LogP contribution >= 0.6 is 0 Å². The summed E-state index contributed by atoms with van der Waals surface area (Å²) in [5.41, 5.74) is 7.27. The van der Waals surface area contributed by atoms with Crippen LogP contribution in [0, 0.1) is 5.82 Å². The number of para-hydroxylation sites is 1. The molecule has 4 rings (SSSR count). The highest BCUT2D eigenvalue weighted by atomic mass is 19.1. The zero-order valence-corrected chi connectivity index (χ0v) is 16.1. The molecule has 1 aromatic heterocycles. The summed E-state index contributed by atoms with van der Waals surface area (Å²) in [6.45, 7) is 1.51. The molecule has 2 aromatic carbocycles. The quantitative estimate of drug-likeness (QED) is 0.526. The summed E-state index contributed by atoms with van der Waals surface area (Å²) < 4.78 is 16.2. The van der Waals surface area contributed by atoms with Gasteiger partial charge in [0.15, 0.2) is 11.5 Å². The van der Waals surface area contributed by atoms with Crippen molar-refractivity contribution in [3.63, 3.8) is 0 Å². The van der Waals surface area contributed by atoms with Gasteiger partial charge < -0.3 is 10.6 Å². The fourth-order valence-corrected chi connectivity index (χ4v) is 3.19. The van der Waals surface area contributed by atoms with Gasteiger partial charge in [-0.1, -0.05) is 30.4 Å². The summed E-state index contributed by atoms with van der Waals surface area (Å²) >= 11 is 0. The Morgan fingerprint density at radius 1 is 1.10 bits per heavy atom. The van der Waals surface area contributed by atoms with E-state index in [-0.39, 0.29) is 16.8 Å². The minimum atomic E-state index is -0.433. The van der Waals surface area contributed by atoms with E-state index in [2.05, 4.69) is 10.1 Å². The zero-order chi connectivity index (χ0) is 20.9. The van der Waals surface area contributed by atoms with Crippen LogP contribution in [0.15, 0.2) is 95.0 Å². The summed E-state index contributed by atoms with van der Waals surface area (Å²) in [4.78, 5) is 19.0. The molecule has 6 nitrogen and oxygen atoms in total. The Balaban J connectivity index is 1.74. The fraction of sp³-hybridized carbons (Fsp3) is 0.0870. The number of halogens is 1. The van der Waals surface area contributed by atoms with Crippen LogP contribution in [0.4, 0.5) is 15.8 Å². The summed E-state index contributed by atoms with van der Waals surface area (Å²) in [5, 5.41) is 4.35. The normalized spacial score (nSPS) is 14.0. The summed E-state index contributed by atoms with van der Waals surface area (Å²) in [5.74, 6) is -0.433. The SMILES string of the molecule is NC=CC(=Nc1ccccc1)c1nn(-c2ccc(N3CC=CC3)cc2F)ccc1=O. The van der Waals surface area contributed by atoms with Crippen LogP contribution in [-0.4, -0.2) is 28.6 Å². The molecule has 2 heterocycles. The summed E-state index contributed by atoms with van der Waals surface area (Å²) in [6, 6.07) is 15.5. The number of nitrogens with two attached hydrogens (primary N) is 1. The van der Waals surface area contributed by atoms with Gasteiger partial charge in [0.25, 0.3) is 0 Å². The average molecular weight is 401 g/mol. The van der Waals surface area contributed by atoms with E-state index in [1.54, 1.807) is 18.2 Å². The average Bonchev–Trinajstić information content (AvgIpc) is 3.30. The van der Waals surface area contributed by atoms with E-state index in [9.17, 15) is 9.18 Å².